The van der Waals surface area contributed by atoms with Crippen molar-refractivity contribution in [3.05, 3.63) is 60.8 Å². The van der Waals surface area contributed by atoms with Crippen molar-refractivity contribution in [1.29, 1.82) is 0 Å². The van der Waals surface area contributed by atoms with Gasteiger partial charge in [-0.25, -0.2) is 9.97 Å². The Morgan fingerprint density at radius 3 is 2.76 bits per heavy atom. The van der Waals surface area contributed by atoms with Gasteiger partial charge >= 0.3 is 0 Å². The number of amides is 1. The molecule has 5 aromatic rings. The average Bonchev–Trinajstić information content (AvgIpc) is 3.39. The molecular formula is C28H27ClN6O3. The van der Waals surface area contributed by atoms with E-state index in [4.69, 9.17) is 31.0 Å². The van der Waals surface area contributed by atoms with Gasteiger partial charge in [-0.2, -0.15) is 5.10 Å². The lowest BCUT2D eigenvalue weighted by molar-refractivity contribution is -0.116. The minimum absolute atomic E-state index is 0.0321. The monoisotopic (exact) mass is 530 g/mol. The number of anilines is 3. The average molecular weight is 531 g/mol. The molecule has 0 radical (unpaired) electrons. The van der Waals surface area contributed by atoms with Crippen LogP contribution in [0.4, 0.5) is 17.2 Å². The highest BCUT2D eigenvalue weighted by Gasteiger charge is 2.16. The van der Waals surface area contributed by atoms with E-state index in [-0.39, 0.29) is 5.91 Å². The summed E-state index contributed by atoms with van der Waals surface area (Å²) >= 11 is 5.86. The van der Waals surface area contributed by atoms with Crippen molar-refractivity contribution in [2.45, 2.75) is 19.8 Å². The third-order valence-corrected chi connectivity index (χ3v) is 6.05. The highest BCUT2D eigenvalue weighted by atomic mass is 35.5. The molecule has 2 heterocycles. The molecule has 0 unspecified atom stereocenters. The second-order valence-electron chi connectivity index (χ2n) is 8.63. The van der Waals surface area contributed by atoms with Crippen LogP contribution in [0.15, 0.2) is 60.8 Å². The summed E-state index contributed by atoms with van der Waals surface area (Å²) in [5, 5.41) is 15.2. The van der Waals surface area contributed by atoms with Gasteiger partial charge in [-0.1, -0.05) is 19.1 Å². The van der Waals surface area contributed by atoms with Gasteiger partial charge in [0.05, 0.1) is 30.2 Å². The molecular weight excluding hydrogens is 504 g/mol. The summed E-state index contributed by atoms with van der Waals surface area (Å²) in [4.78, 5) is 21.9. The predicted molar refractivity (Wildman–Crippen MR) is 151 cm³/mol. The van der Waals surface area contributed by atoms with Crippen molar-refractivity contribution in [3.63, 3.8) is 0 Å². The van der Waals surface area contributed by atoms with Crippen LogP contribution in [0.3, 0.4) is 0 Å². The zero-order chi connectivity index (χ0) is 26.5. The number of ether oxygens (including phenoxy) is 2. The maximum absolute atomic E-state index is 12.2. The van der Waals surface area contributed by atoms with Gasteiger partial charge in [0.2, 0.25) is 5.91 Å². The number of fused-ring (bicyclic) bond motifs is 2. The van der Waals surface area contributed by atoms with Crippen molar-refractivity contribution < 1.29 is 14.3 Å². The first-order chi connectivity index (χ1) is 18.6. The molecule has 0 aliphatic heterocycles. The maximum atomic E-state index is 12.2. The number of alkyl halides is 1. The van der Waals surface area contributed by atoms with Crippen LogP contribution in [-0.2, 0) is 4.79 Å². The quantitative estimate of drug-likeness (QED) is 0.182. The van der Waals surface area contributed by atoms with Crippen LogP contribution in [0.5, 0.6) is 11.5 Å². The number of benzene rings is 3. The predicted octanol–water partition coefficient (Wildman–Crippen LogP) is 6.28. The molecule has 38 heavy (non-hydrogen) atoms. The van der Waals surface area contributed by atoms with E-state index in [1.165, 1.54) is 0 Å². The Morgan fingerprint density at radius 1 is 1.05 bits per heavy atom. The number of hydrogen-bond acceptors (Lipinski definition) is 7. The number of rotatable bonds is 10. The molecule has 0 fully saturated rings. The minimum atomic E-state index is -0.0321. The molecule has 9 nitrogen and oxygen atoms in total. The largest absolute Gasteiger partial charge is 0.493 e. The Morgan fingerprint density at radius 2 is 1.95 bits per heavy atom. The van der Waals surface area contributed by atoms with Gasteiger partial charge < -0.3 is 20.1 Å². The van der Waals surface area contributed by atoms with Crippen LogP contribution in [0.2, 0.25) is 0 Å². The van der Waals surface area contributed by atoms with Gasteiger partial charge in [0.15, 0.2) is 17.3 Å². The van der Waals surface area contributed by atoms with Crippen molar-refractivity contribution in [1.82, 2.24) is 20.2 Å². The fourth-order valence-corrected chi connectivity index (χ4v) is 4.20. The van der Waals surface area contributed by atoms with E-state index >= 15 is 0 Å². The SMILES string of the molecule is CCCC(=O)Nc1cccc(-c2nc(Nc3ccc4[nH]ncc4c3)c3cc(OCCCl)c(OC)cc3n2)c1. The Kier molecular flexibility index (Phi) is 7.55. The summed E-state index contributed by atoms with van der Waals surface area (Å²) in [6.07, 6.45) is 3.00. The first-order valence-corrected chi connectivity index (χ1v) is 12.8. The molecule has 0 saturated carbocycles. The van der Waals surface area contributed by atoms with E-state index in [0.29, 0.717) is 53.3 Å². The van der Waals surface area contributed by atoms with Crippen molar-refractivity contribution in [2.75, 3.05) is 30.2 Å². The van der Waals surface area contributed by atoms with E-state index in [9.17, 15) is 4.79 Å². The van der Waals surface area contributed by atoms with Crippen LogP contribution in [-0.4, -0.2) is 45.7 Å². The van der Waals surface area contributed by atoms with E-state index < -0.39 is 0 Å². The molecule has 2 aromatic heterocycles. The number of carbonyl (C=O) groups is 1. The van der Waals surface area contributed by atoms with Crippen LogP contribution >= 0.6 is 11.6 Å². The molecule has 3 aromatic carbocycles. The van der Waals surface area contributed by atoms with Crippen molar-refractivity contribution >= 4 is 56.5 Å². The van der Waals surface area contributed by atoms with Gasteiger partial charge in [-0.15, -0.1) is 11.6 Å². The van der Waals surface area contributed by atoms with Crippen LogP contribution in [0.25, 0.3) is 33.2 Å². The van der Waals surface area contributed by atoms with Crippen LogP contribution in [0.1, 0.15) is 19.8 Å². The molecule has 3 N–H and O–H groups in total. The van der Waals surface area contributed by atoms with Crippen molar-refractivity contribution in [2.24, 2.45) is 0 Å². The van der Waals surface area contributed by atoms with E-state index in [0.717, 1.165) is 34.0 Å². The summed E-state index contributed by atoms with van der Waals surface area (Å²) in [5.74, 6) is 2.48. The summed E-state index contributed by atoms with van der Waals surface area (Å²) in [5.41, 5.74) is 3.89. The van der Waals surface area contributed by atoms with Gasteiger partial charge in [-0.05, 0) is 42.8 Å². The van der Waals surface area contributed by atoms with Crippen LogP contribution in [0, 0.1) is 0 Å². The zero-order valence-electron chi connectivity index (χ0n) is 21.0. The van der Waals surface area contributed by atoms with Gasteiger partial charge in [0, 0.05) is 40.2 Å². The number of methoxy groups -OCH3 is 1. The van der Waals surface area contributed by atoms with Gasteiger partial charge in [-0.3, -0.25) is 9.89 Å². The lowest BCUT2D eigenvalue weighted by Gasteiger charge is -2.15. The summed E-state index contributed by atoms with van der Waals surface area (Å²) in [6.45, 7) is 2.30. The summed E-state index contributed by atoms with van der Waals surface area (Å²) in [6, 6.07) is 17.1. The zero-order valence-corrected chi connectivity index (χ0v) is 21.8. The third kappa shape index (κ3) is 5.47. The number of nitrogens with one attached hydrogen (secondary N) is 3. The standard InChI is InChI=1S/C28H27ClN6O3/c1-3-5-26(36)31-19-7-4-6-17(12-19)27-33-23-15-24(37-2)25(38-11-10-29)14-21(23)28(34-27)32-20-8-9-22-18(13-20)16-30-35-22/h4,6-9,12-16H,3,5,10-11H2,1-2H3,(H,30,35)(H,31,36)(H,32,33,34). The second kappa shape index (κ2) is 11.4. The molecule has 194 valence electrons. The molecule has 0 spiro atoms. The Hall–Kier alpha value is -4.37. The third-order valence-electron chi connectivity index (χ3n) is 5.90. The van der Waals surface area contributed by atoms with Gasteiger partial charge in [0.1, 0.15) is 12.4 Å². The smallest absolute Gasteiger partial charge is 0.224 e. The number of carbonyl (C=O) groups excluding carboxylic acids is 1. The summed E-state index contributed by atoms with van der Waals surface area (Å²) < 4.78 is 11.4. The van der Waals surface area contributed by atoms with E-state index in [1.54, 1.807) is 13.3 Å². The lowest BCUT2D eigenvalue weighted by atomic mass is 10.1. The second-order valence-corrected chi connectivity index (χ2v) is 9.01. The lowest BCUT2D eigenvalue weighted by Crippen LogP contribution is -2.10. The number of H-pyrrole nitrogens is 1. The number of halogens is 1. The molecule has 1 amide bonds. The number of hydrogen-bond donors (Lipinski definition) is 3. The molecule has 0 aliphatic carbocycles. The molecule has 5 rings (SSSR count). The molecule has 0 saturated heterocycles. The fourth-order valence-electron chi connectivity index (χ4n) is 4.13. The molecule has 0 atom stereocenters. The first-order valence-electron chi connectivity index (χ1n) is 12.3. The summed E-state index contributed by atoms with van der Waals surface area (Å²) in [7, 11) is 1.58. The number of aromatic nitrogens is 4. The Bertz CT molecular complexity index is 1600. The van der Waals surface area contributed by atoms with Crippen LogP contribution < -0.4 is 20.1 Å². The maximum Gasteiger partial charge on any atom is 0.224 e. The Labute approximate surface area is 224 Å². The highest BCUT2D eigenvalue weighted by Crippen LogP contribution is 2.37. The number of nitrogens with zero attached hydrogens (tertiary/aromatic N) is 3. The fraction of sp³-hybridized carbons (Fsp3) is 0.214. The van der Waals surface area contributed by atoms with E-state index in [1.807, 2.05) is 61.5 Å². The minimum Gasteiger partial charge on any atom is -0.493 e. The van der Waals surface area contributed by atoms with Gasteiger partial charge in [0.25, 0.3) is 0 Å². The normalized spacial score (nSPS) is 11.0. The highest BCUT2D eigenvalue weighted by molar-refractivity contribution is 6.18. The molecule has 0 bridgehead atoms. The van der Waals surface area contributed by atoms with Crippen molar-refractivity contribution in [3.8, 4) is 22.9 Å². The first kappa shape index (κ1) is 25.3. The molecule has 10 heteroatoms. The molecule has 0 aliphatic rings. The Balaban J connectivity index is 1.61. The van der Waals surface area contributed by atoms with E-state index in [2.05, 4.69) is 20.8 Å². The number of aromatic amines is 1. The topological polar surface area (TPSA) is 114 Å².